The van der Waals surface area contributed by atoms with Crippen molar-refractivity contribution in [2.24, 2.45) is 0 Å². The molecule has 39 heavy (non-hydrogen) atoms. The first kappa shape index (κ1) is 27.1. The van der Waals surface area contributed by atoms with Crippen LogP contribution < -0.4 is 14.4 Å². The van der Waals surface area contributed by atoms with Gasteiger partial charge in [-0.05, 0) is 38.1 Å². The number of nitrogens with zero attached hydrogens (tertiary/aromatic N) is 3. The lowest BCUT2D eigenvalue weighted by Crippen LogP contribution is -2.37. The number of pyridine rings is 1. The number of hydrogen-bond acceptors (Lipinski definition) is 9. The van der Waals surface area contributed by atoms with Crippen LogP contribution >= 0.6 is 0 Å². The van der Waals surface area contributed by atoms with Gasteiger partial charge in [-0.15, -0.1) is 0 Å². The third-order valence-corrected chi connectivity index (χ3v) is 9.80. The summed E-state index contributed by atoms with van der Waals surface area (Å²) in [5.41, 5.74) is 3.49. The Kier molecular flexibility index (Phi) is 7.61. The number of para-hydroxylation sites is 1. The lowest BCUT2D eigenvalue weighted by atomic mass is 10.1. The predicted octanol–water partition coefficient (Wildman–Crippen LogP) is 3.57. The smallest absolute Gasteiger partial charge is 0.214 e. The van der Waals surface area contributed by atoms with E-state index in [4.69, 9.17) is 14.2 Å². The zero-order valence-corrected chi connectivity index (χ0v) is 23.8. The van der Waals surface area contributed by atoms with E-state index < -0.39 is 20.6 Å². The monoisotopic (exact) mass is 570 g/mol. The van der Waals surface area contributed by atoms with Crippen LogP contribution in [0.4, 0.5) is 5.69 Å². The number of ether oxygens (including phenoxy) is 3. The maximum atomic E-state index is 14.2. The van der Waals surface area contributed by atoms with Crippen molar-refractivity contribution in [2.45, 2.75) is 34.5 Å². The first-order valence-electron chi connectivity index (χ1n) is 12.4. The molecule has 2 aromatic carbocycles. The first-order valence-corrected chi connectivity index (χ1v) is 15.2. The molecule has 1 N–H and O–H groups in total. The second-order valence-electron chi connectivity index (χ2n) is 9.14. The summed E-state index contributed by atoms with van der Waals surface area (Å²) in [6, 6.07) is 10.1. The van der Waals surface area contributed by atoms with Crippen LogP contribution in [0.5, 0.6) is 11.5 Å². The fraction of sp³-hybridized carbons (Fsp3) is 0.333. The fourth-order valence-corrected chi connectivity index (χ4v) is 7.68. The van der Waals surface area contributed by atoms with E-state index in [1.807, 2.05) is 24.8 Å². The summed E-state index contributed by atoms with van der Waals surface area (Å²) in [5.74, 6) is 0.934. The number of methoxy groups -OCH3 is 2. The van der Waals surface area contributed by atoms with Crippen LogP contribution in [0, 0.1) is 13.8 Å². The van der Waals surface area contributed by atoms with Gasteiger partial charge in [-0.25, -0.2) is 13.4 Å². The fourth-order valence-electron chi connectivity index (χ4n) is 4.81. The van der Waals surface area contributed by atoms with Crippen LogP contribution in [0.2, 0.25) is 0 Å². The van der Waals surface area contributed by atoms with E-state index in [0.29, 0.717) is 49.0 Å². The van der Waals surface area contributed by atoms with Crippen LogP contribution in [0.15, 0.2) is 57.5 Å². The lowest BCUT2D eigenvalue weighted by Gasteiger charge is -2.30. The average Bonchev–Trinajstić information content (AvgIpc) is 3.39. The van der Waals surface area contributed by atoms with Gasteiger partial charge in [-0.3, -0.25) is 9.19 Å². The molecule has 0 bridgehead atoms. The molecule has 0 aliphatic carbocycles. The Hall–Kier alpha value is -3.48. The number of fused-ring (bicyclic) bond motifs is 1. The van der Waals surface area contributed by atoms with Crippen molar-refractivity contribution in [2.75, 3.05) is 45.4 Å². The van der Waals surface area contributed by atoms with Gasteiger partial charge in [-0.1, -0.05) is 12.1 Å². The molecule has 4 aromatic rings. The topological polar surface area (TPSA) is 124 Å². The second kappa shape index (κ2) is 10.9. The number of anilines is 1. The van der Waals surface area contributed by atoms with Crippen molar-refractivity contribution >= 4 is 37.4 Å². The number of hydrogen-bond donors (Lipinski definition) is 1. The number of aromatic nitrogens is 3. The summed E-state index contributed by atoms with van der Waals surface area (Å²) >= 11 is 0. The van der Waals surface area contributed by atoms with Crippen LogP contribution in [0.25, 0.3) is 11.0 Å². The summed E-state index contributed by atoms with van der Waals surface area (Å²) in [6.45, 7) is 5.95. The van der Waals surface area contributed by atoms with Gasteiger partial charge in [0.25, 0.3) is 0 Å². The Morgan fingerprint density at radius 2 is 1.82 bits per heavy atom. The normalized spacial score (nSPS) is 14.9. The van der Waals surface area contributed by atoms with Crippen LogP contribution in [-0.4, -0.2) is 68.1 Å². The maximum Gasteiger partial charge on any atom is 0.214 e. The molecular weight excluding hydrogens is 540 g/mol. The van der Waals surface area contributed by atoms with Gasteiger partial charge in [0.05, 0.1) is 65.8 Å². The number of nitrogens with one attached hydrogen (secondary N) is 1. The molecule has 0 amide bonds. The largest absolute Gasteiger partial charge is 0.496 e. The molecule has 1 aliphatic heterocycles. The van der Waals surface area contributed by atoms with Gasteiger partial charge in [0.1, 0.15) is 21.9 Å². The average molecular weight is 571 g/mol. The van der Waals surface area contributed by atoms with E-state index in [1.165, 1.54) is 7.11 Å². The summed E-state index contributed by atoms with van der Waals surface area (Å²) in [7, 11) is -2.73. The molecule has 10 nitrogen and oxygen atoms in total. The number of rotatable bonds is 8. The molecule has 1 saturated heterocycles. The van der Waals surface area contributed by atoms with Crippen LogP contribution in [0.3, 0.4) is 0 Å². The molecule has 1 aliphatic rings. The summed E-state index contributed by atoms with van der Waals surface area (Å²) in [4.78, 5) is 14.1. The highest BCUT2D eigenvalue weighted by molar-refractivity contribution is 7.92. The number of benzene rings is 2. The van der Waals surface area contributed by atoms with Crippen molar-refractivity contribution in [3.63, 3.8) is 0 Å². The van der Waals surface area contributed by atoms with Crippen molar-refractivity contribution < 1.29 is 26.8 Å². The number of H-pyrrole nitrogens is 1. The van der Waals surface area contributed by atoms with Crippen molar-refractivity contribution in [3.8, 4) is 11.5 Å². The van der Waals surface area contributed by atoms with Gasteiger partial charge in [0.15, 0.2) is 5.16 Å². The van der Waals surface area contributed by atoms with E-state index >= 15 is 0 Å². The highest BCUT2D eigenvalue weighted by Gasteiger charge is 2.31. The van der Waals surface area contributed by atoms with Gasteiger partial charge in [-0.2, -0.15) is 0 Å². The van der Waals surface area contributed by atoms with E-state index in [9.17, 15) is 12.6 Å². The second-order valence-corrected chi connectivity index (χ2v) is 12.4. The number of morpholine rings is 1. The first-order chi connectivity index (χ1) is 18.8. The molecule has 3 heterocycles. The molecule has 5 rings (SSSR count). The van der Waals surface area contributed by atoms with Gasteiger partial charge < -0.3 is 24.1 Å². The number of aryl methyl sites for hydroxylation is 1. The zero-order valence-electron chi connectivity index (χ0n) is 22.2. The SMILES string of the molecule is COc1ccc2[nH]c(S(=O)Cc3ncc(C)c(OC)c3C)nc2c1S(=O)(=O)c1ccccc1N1CCOCC1. The molecule has 1 fully saturated rings. The Morgan fingerprint density at radius 3 is 2.54 bits per heavy atom. The number of sulfone groups is 1. The van der Waals surface area contributed by atoms with Crippen LogP contribution in [-0.2, 0) is 31.1 Å². The van der Waals surface area contributed by atoms with E-state index in [2.05, 4.69) is 15.0 Å². The third-order valence-electron chi connectivity index (χ3n) is 6.78. The van der Waals surface area contributed by atoms with E-state index in [1.54, 1.807) is 43.6 Å². The summed E-state index contributed by atoms with van der Waals surface area (Å²) < 4.78 is 58.3. The highest BCUT2D eigenvalue weighted by atomic mass is 32.2. The maximum absolute atomic E-state index is 14.2. The van der Waals surface area contributed by atoms with Crippen LogP contribution in [0.1, 0.15) is 16.8 Å². The Labute approximate surface area is 229 Å². The standard InChI is InChI=1S/C27H30N4O6S2/c1-17-15-28-20(18(2)25(17)36-4)16-38(32)27-29-19-9-10-22(35-3)26(24(19)30-27)39(33,34)23-8-6-5-7-21(23)31-11-13-37-14-12-31/h5-10,15H,11-14,16H2,1-4H3,(H,29,30). The quantitative estimate of drug-likeness (QED) is 0.339. The minimum absolute atomic E-state index is 0.0750. The molecule has 0 saturated carbocycles. The van der Waals surface area contributed by atoms with Crippen molar-refractivity contribution in [1.29, 1.82) is 0 Å². The number of imidazole rings is 1. The van der Waals surface area contributed by atoms with Crippen molar-refractivity contribution in [3.05, 3.63) is 59.4 Å². The van der Waals surface area contributed by atoms with Gasteiger partial charge in [0, 0.05) is 30.4 Å². The molecule has 1 unspecified atom stereocenters. The molecule has 2 aromatic heterocycles. The molecular formula is C27H30N4O6S2. The zero-order chi connectivity index (χ0) is 27.7. The lowest BCUT2D eigenvalue weighted by molar-refractivity contribution is 0.122. The molecule has 0 spiro atoms. The summed E-state index contributed by atoms with van der Waals surface area (Å²) in [5, 5.41) is 0.150. The highest BCUT2D eigenvalue weighted by Crippen LogP contribution is 2.39. The predicted molar refractivity (Wildman–Crippen MR) is 148 cm³/mol. The van der Waals surface area contributed by atoms with E-state index in [0.717, 1.165) is 11.1 Å². The molecule has 206 valence electrons. The minimum atomic E-state index is -4.10. The molecule has 0 radical (unpaired) electrons. The van der Waals surface area contributed by atoms with Crippen molar-refractivity contribution in [1.82, 2.24) is 15.0 Å². The summed E-state index contributed by atoms with van der Waals surface area (Å²) in [6.07, 6.45) is 1.68. The number of aromatic amines is 1. The molecule has 12 heteroatoms. The Bertz CT molecular complexity index is 1660. The van der Waals surface area contributed by atoms with Gasteiger partial charge >= 0.3 is 0 Å². The Balaban J connectivity index is 1.58. The van der Waals surface area contributed by atoms with Gasteiger partial charge in [0.2, 0.25) is 9.84 Å². The Morgan fingerprint density at radius 1 is 1.08 bits per heavy atom. The minimum Gasteiger partial charge on any atom is -0.496 e. The third kappa shape index (κ3) is 4.99. The molecule has 1 atom stereocenters. The van der Waals surface area contributed by atoms with E-state index in [-0.39, 0.29) is 32.0 Å².